The summed E-state index contributed by atoms with van der Waals surface area (Å²) in [6.07, 6.45) is 12.0. The van der Waals surface area contributed by atoms with Crippen molar-refractivity contribution < 1.29 is 14.3 Å². The van der Waals surface area contributed by atoms with Gasteiger partial charge in [-0.25, -0.2) is 0 Å². The number of pyridine rings is 1. The van der Waals surface area contributed by atoms with Crippen molar-refractivity contribution in [3.63, 3.8) is 0 Å². The number of nitrogens with one attached hydrogen (secondary N) is 2. The van der Waals surface area contributed by atoms with Crippen molar-refractivity contribution in [2.24, 2.45) is 5.92 Å². The lowest BCUT2D eigenvalue weighted by atomic mass is 9.80. The van der Waals surface area contributed by atoms with Crippen LogP contribution in [0.25, 0.3) is 0 Å². The largest absolute Gasteiger partial charge is 0.387 e. The number of carbonyl (C=O) groups is 2. The second-order valence-corrected chi connectivity index (χ2v) is 7.22. The Hall–Kier alpha value is -1.95. The first-order chi connectivity index (χ1) is 14.0. The molecule has 0 spiro atoms. The van der Waals surface area contributed by atoms with Crippen LogP contribution in [0.3, 0.4) is 0 Å². The number of anilines is 2. The van der Waals surface area contributed by atoms with E-state index in [0.717, 1.165) is 29.6 Å². The lowest BCUT2D eigenvalue weighted by Crippen LogP contribution is -2.29. The highest BCUT2D eigenvalue weighted by Crippen LogP contribution is 2.32. The van der Waals surface area contributed by atoms with E-state index in [1.807, 2.05) is 33.8 Å². The van der Waals surface area contributed by atoms with Crippen molar-refractivity contribution in [3.8, 4) is 0 Å². The summed E-state index contributed by atoms with van der Waals surface area (Å²) >= 11 is 0. The molecule has 0 aliphatic heterocycles. The average molecular weight is 408 g/mol. The monoisotopic (exact) mass is 407 g/mol. The van der Waals surface area contributed by atoms with Crippen LogP contribution < -0.4 is 10.6 Å². The van der Waals surface area contributed by atoms with Crippen molar-refractivity contribution in [1.82, 2.24) is 4.98 Å². The van der Waals surface area contributed by atoms with E-state index in [4.69, 9.17) is 9.53 Å². The highest BCUT2D eigenvalue weighted by molar-refractivity contribution is 5.90. The van der Waals surface area contributed by atoms with E-state index in [1.165, 1.54) is 44.9 Å². The molecule has 0 bridgehead atoms. The Labute approximate surface area is 177 Å². The first kappa shape index (κ1) is 27.0. The second-order valence-electron chi connectivity index (χ2n) is 7.22. The predicted molar refractivity (Wildman–Crippen MR) is 121 cm³/mol. The lowest BCUT2D eigenvalue weighted by molar-refractivity contribution is -0.115. The number of rotatable bonds is 10. The zero-order valence-electron chi connectivity index (χ0n) is 19.1. The molecular formula is C23H41N3O3. The van der Waals surface area contributed by atoms with Gasteiger partial charge < -0.3 is 20.2 Å². The van der Waals surface area contributed by atoms with Crippen LogP contribution in [0.5, 0.6) is 0 Å². The predicted octanol–water partition coefficient (Wildman–Crippen LogP) is 5.37. The molecule has 166 valence electrons. The van der Waals surface area contributed by atoms with E-state index >= 15 is 0 Å². The second kappa shape index (κ2) is 17.0. The summed E-state index contributed by atoms with van der Waals surface area (Å²) < 4.78 is 5.90. The van der Waals surface area contributed by atoms with Crippen LogP contribution in [0.2, 0.25) is 0 Å². The Morgan fingerprint density at radius 3 is 2.45 bits per heavy atom. The van der Waals surface area contributed by atoms with E-state index < -0.39 is 0 Å². The van der Waals surface area contributed by atoms with Gasteiger partial charge in [-0.2, -0.15) is 0 Å². The summed E-state index contributed by atoms with van der Waals surface area (Å²) in [7, 11) is 1.83. The topological polar surface area (TPSA) is 80.3 Å². The fraction of sp³-hybridized carbons (Fsp3) is 0.696. The molecule has 29 heavy (non-hydrogen) atoms. The number of nitrogens with zero attached hydrogens (tertiary/aromatic N) is 1. The number of carbonyl (C=O) groups excluding carboxylic acids is 2. The molecule has 1 unspecified atom stereocenters. The van der Waals surface area contributed by atoms with Crippen LogP contribution in [-0.4, -0.2) is 37.4 Å². The third-order valence-electron chi connectivity index (χ3n) is 5.12. The van der Waals surface area contributed by atoms with Crippen molar-refractivity contribution in [1.29, 1.82) is 0 Å². The highest BCUT2D eigenvalue weighted by atomic mass is 16.5. The van der Waals surface area contributed by atoms with Crippen molar-refractivity contribution in [3.05, 3.63) is 18.0 Å². The maximum absolute atomic E-state index is 11.1. The number of hydrogen-bond acceptors (Lipinski definition) is 5. The number of hydrogen-bond donors (Lipinski definition) is 2. The molecule has 0 aromatic carbocycles. The molecule has 2 N–H and O–H groups in total. The van der Waals surface area contributed by atoms with Crippen LogP contribution in [0, 0.1) is 12.8 Å². The van der Waals surface area contributed by atoms with Gasteiger partial charge in [0, 0.05) is 20.1 Å². The summed E-state index contributed by atoms with van der Waals surface area (Å²) in [6, 6.07) is 1.87. The summed E-state index contributed by atoms with van der Waals surface area (Å²) in [5, 5.41) is 5.77. The molecule has 1 atom stereocenters. The van der Waals surface area contributed by atoms with E-state index in [1.54, 1.807) is 6.20 Å². The van der Waals surface area contributed by atoms with E-state index in [9.17, 15) is 4.79 Å². The molecule has 6 heteroatoms. The molecular weight excluding hydrogens is 366 g/mol. The quantitative estimate of drug-likeness (QED) is 0.510. The zero-order chi connectivity index (χ0) is 22.1. The molecule has 1 aliphatic rings. The average Bonchev–Trinajstić information content (AvgIpc) is 2.72. The third kappa shape index (κ3) is 11.0. The molecule has 1 aromatic rings. The number of ether oxygens (including phenoxy) is 1. The van der Waals surface area contributed by atoms with Gasteiger partial charge >= 0.3 is 0 Å². The number of aryl methyl sites for hydroxylation is 1. The molecule has 0 saturated heterocycles. The van der Waals surface area contributed by atoms with Gasteiger partial charge in [-0.1, -0.05) is 40.0 Å². The van der Waals surface area contributed by atoms with Gasteiger partial charge in [0.1, 0.15) is 6.79 Å². The molecule has 1 saturated carbocycles. The SMILES string of the molecule is C=O.CCC(=O)Nc1cnc(C)c(NC)c1.CCCCCOC(CC)C1CCC1. The standard InChI is InChI=1S/C12H24O.C10H15N3O.CH2O/c1-3-5-6-10-13-12(4-2)11-8-7-9-11;1-4-10(14)13-8-5-9(11-3)7(2)12-6-8;1-2/h11-12H,3-10H2,1-2H3;5-6,11H,4H2,1-3H3,(H,13,14);1H2. The Balaban J connectivity index is 0.000000499. The van der Waals surface area contributed by atoms with Crippen LogP contribution in [0.1, 0.15) is 77.8 Å². The first-order valence-electron chi connectivity index (χ1n) is 10.9. The molecule has 1 fully saturated rings. The number of unbranched alkanes of at least 4 members (excludes halogenated alkanes) is 2. The summed E-state index contributed by atoms with van der Waals surface area (Å²) in [4.78, 5) is 23.3. The van der Waals surface area contributed by atoms with Crippen molar-refractivity contribution in [2.45, 2.75) is 85.2 Å². The van der Waals surface area contributed by atoms with Gasteiger partial charge in [0.05, 0.1) is 29.4 Å². The third-order valence-corrected chi connectivity index (χ3v) is 5.12. The summed E-state index contributed by atoms with van der Waals surface area (Å²) in [5.41, 5.74) is 2.58. The Morgan fingerprint density at radius 2 is 1.97 bits per heavy atom. The van der Waals surface area contributed by atoms with Crippen molar-refractivity contribution in [2.75, 3.05) is 24.3 Å². The molecule has 2 rings (SSSR count). The Kier molecular flexibility index (Phi) is 15.8. The smallest absolute Gasteiger partial charge is 0.224 e. The van der Waals surface area contributed by atoms with Crippen LogP contribution in [0.4, 0.5) is 11.4 Å². The molecule has 1 aliphatic carbocycles. The minimum atomic E-state index is -0.00212. The number of amides is 1. The minimum absolute atomic E-state index is 0.00212. The molecule has 1 aromatic heterocycles. The molecule has 1 heterocycles. The summed E-state index contributed by atoms with van der Waals surface area (Å²) in [6.45, 7) is 11.2. The molecule has 6 nitrogen and oxygen atoms in total. The van der Waals surface area contributed by atoms with Crippen LogP contribution >= 0.6 is 0 Å². The maximum atomic E-state index is 11.1. The fourth-order valence-electron chi connectivity index (χ4n) is 3.09. The Bertz CT molecular complexity index is 562. The normalized spacial score (nSPS) is 13.7. The minimum Gasteiger partial charge on any atom is -0.387 e. The maximum Gasteiger partial charge on any atom is 0.224 e. The van der Waals surface area contributed by atoms with Crippen molar-refractivity contribution >= 4 is 24.1 Å². The fourth-order valence-corrected chi connectivity index (χ4v) is 3.09. The van der Waals surface area contributed by atoms with Gasteiger partial charge in [-0.3, -0.25) is 9.78 Å². The van der Waals surface area contributed by atoms with E-state index in [-0.39, 0.29) is 5.91 Å². The van der Waals surface area contributed by atoms with E-state index in [0.29, 0.717) is 12.5 Å². The number of aromatic nitrogens is 1. The van der Waals surface area contributed by atoms with E-state index in [2.05, 4.69) is 29.5 Å². The van der Waals surface area contributed by atoms with Gasteiger partial charge in [-0.05, 0) is 44.6 Å². The lowest BCUT2D eigenvalue weighted by Gasteiger charge is -2.33. The zero-order valence-corrected chi connectivity index (χ0v) is 19.1. The van der Waals surface area contributed by atoms with Crippen LogP contribution in [0.15, 0.2) is 12.3 Å². The van der Waals surface area contributed by atoms with Crippen LogP contribution in [-0.2, 0) is 14.3 Å². The van der Waals surface area contributed by atoms with Gasteiger partial charge in [0.25, 0.3) is 0 Å². The summed E-state index contributed by atoms with van der Waals surface area (Å²) in [5.74, 6) is 0.893. The van der Waals surface area contributed by atoms with Gasteiger partial charge in [0.15, 0.2) is 0 Å². The van der Waals surface area contributed by atoms with Gasteiger partial charge in [0.2, 0.25) is 5.91 Å². The Morgan fingerprint density at radius 1 is 1.28 bits per heavy atom. The molecule has 1 amide bonds. The first-order valence-corrected chi connectivity index (χ1v) is 10.9. The van der Waals surface area contributed by atoms with Gasteiger partial charge in [-0.15, -0.1) is 0 Å². The molecule has 0 radical (unpaired) electrons. The highest BCUT2D eigenvalue weighted by Gasteiger charge is 2.26.